The highest BCUT2D eigenvalue weighted by Crippen LogP contribution is 2.23. The highest BCUT2D eigenvalue weighted by Gasteiger charge is 2.24. The maximum Gasteiger partial charge on any atom is 0.172 e. The molecular weight excluding hydrogens is 190 g/mol. The van der Waals surface area contributed by atoms with Crippen LogP contribution in [0.3, 0.4) is 0 Å². The standard InChI is InChI=1S/C12H23NO2/c1-10(2)13(8-12(15)9-14)11-6-4-3-5-7-11/h10-11,14H,3-9H2,1-2H3. The van der Waals surface area contributed by atoms with E-state index in [2.05, 4.69) is 18.7 Å². The van der Waals surface area contributed by atoms with Crippen molar-refractivity contribution in [3.63, 3.8) is 0 Å². The van der Waals surface area contributed by atoms with E-state index in [0.29, 0.717) is 18.6 Å². The lowest BCUT2D eigenvalue weighted by Gasteiger charge is -2.36. The van der Waals surface area contributed by atoms with Crippen LogP contribution in [0.25, 0.3) is 0 Å². The monoisotopic (exact) mass is 213 g/mol. The van der Waals surface area contributed by atoms with Crippen molar-refractivity contribution in [2.45, 2.75) is 58.0 Å². The van der Waals surface area contributed by atoms with E-state index in [1.54, 1.807) is 0 Å². The summed E-state index contributed by atoms with van der Waals surface area (Å²) in [6.07, 6.45) is 6.30. The van der Waals surface area contributed by atoms with Crippen molar-refractivity contribution in [3.8, 4) is 0 Å². The summed E-state index contributed by atoms with van der Waals surface area (Å²) in [5.74, 6) is -0.0609. The number of nitrogens with zero attached hydrogens (tertiary/aromatic N) is 1. The van der Waals surface area contributed by atoms with Gasteiger partial charge in [-0.15, -0.1) is 0 Å². The second kappa shape index (κ2) is 6.23. The van der Waals surface area contributed by atoms with E-state index < -0.39 is 0 Å². The quantitative estimate of drug-likeness (QED) is 0.754. The zero-order chi connectivity index (χ0) is 11.3. The Kier molecular flexibility index (Phi) is 5.26. The molecule has 0 bridgehead atoms. The van der Waals surface area contributed by atoms with Crippen LogP contribution in [0.1, 0.15) is 46.0 Å². The molecule has 0 aromatic rings. The minimum atomic E-state index is -0.323. The van der Waals surface area contributed by atoms with Crippen molar-refractivity contribution in [3.05, 3.63) is 0 Å². The molecule has 1 fully saturated rings. The average Bonchev–Trinajstić information content (AvgIpc) is 2.26. The van der Waals surface area contributed by atoms with E-state index in [9.17, 15) is 4.79 Å². The van der Waals surface area contributed by atoms with Crippen molar-refractivity contribution in [1.82, 2.24) is 4.90 Å². The molecule has 1 N–H and O–H groups in total. The number of hydrogen-bond donors (Lipinski definition) is 1. The predicted octanol–water partition coefficient (Wildman–Crippen LogP) is 1.59. The van der Waals surface area contributed by atoms with Gasteiger partial charge in [0.05, 0.1) is 6.54 Å². The van der Waals surface area contributed by atoms with Gasteiger partial charge in [0.2, 0.25) is 0 Å². The number of carbonyl (C=O) groups is 1. The molecule has 0 atom stereocenters. The van der Waals surface area contributed by atoms with E-state index in [-0.39, 0.29) is 12.4 Å². The molecule has 1 saturated carbocycles. The van der Waals surface area contributed by atoms with Gasteiger partial charge in [0.1, 0.15) is 6.61 Å². The van der Waals surface area contributed by atoms with E-state index in [1.165, 1.54) is 32.1 Å². The zero-order valence-corrected chi connectivity index (χ0v) is 9.91. The maximum atomic E-state index is 11.3. The van der Waals surface area contributed by atoms with E-state index in [0.717, 1.165) is 0 Å². The third-order valence-electron chi connectivity index (χ3n) is 3.24. The molecule has 88 valence electrons. The summed E-state index contributed by atoms with van der Waals surface area (Å²) in [6, 6.07) is 0.942. The molecule has 3 nitrogen and oxygen atoms in total. The molecule has 0 radical (unpaired) electrons. The molecule has 0 saturated heterocycles. The van der Waals surface area contributed by atoms with E-state index in [1.807, 2.05) is 0 Å². The summed E-state index contributed by atoms with van der Waals surface area (Å²) < 4.78 is 0. The Morgan fingerprint density at radius 3 is 2.40 bits per heavy atom. The third kappa shape index (κ3) is 3.92. The number of rotatable bonds is 5. The van der Waals surface area contributed by atoms with E-state index >= 15 is 0 Å². The molecule has 0 unspecified atom stereocenters. The highest BCUT2D eigenvalue weighted by atomic mass is 16.3. The Bertz CT molecular complexity index is 198. The van der Waals surface area contributed by atoms with Gasteiger partial charge in [-0.05, 0) is 26.7 Å². The molecule has 0 amide bonds. The SMILES string of the molecule is CC(C)N(CC(=O)CO)C1CCCCC1. The zero-order valence-electron chi connectivity index (χ0n) is 9.91. The third-order valence-corrected chi connectivity index (χ3v) is 3.24. The normalized spacial score (nSPS) is 18.7. The smallest absolute Gasteiger partial charge is 0.172 e. The summed E-state index contributed by atoms with van der Waals surface area (Å²) in [5, 5.41) is 8.79. The van der Waals surface area contributed by atoms with Crippen molar-refractivity contribution in [2.24, 2.45) is 0 Å². The highest BCUT2D eigenvalue weighted by molar-refractivity contribution is 5.81. The van der Waals surface area contributed by atoms with Crippen molar-refractivity contribution in [2.75, 3.05) is 13.2 Å². The Morgan fingerprint density at radius 2 is 1.93 bits per heavy atom. The van der Waals surface area contributed by atoms with Crippen molar-refractivity contribution >= 4 is 5.78 Å². The van der Waals surface area contributed by atoms with Gasteiger partial charge in [-0.25, -0.2) is 0 Å². The minimum Gasteiger partial charge on any atom is -0.389 e. The number of aliphatic hydroxyl groups excluding tert-OH is 1. The van der Waals surface area contributed by atoms with Gasteiger partial charge in [0, 0.05) is 12.1 Å². The summed E-state index contributed by atoms with van der Waals surface area (Å²) in [7, 11) is 0. The number of hydrogen-bond acceptors (Lipinski definition) is 3. The topological polar surface area (TPSA) is 40.5 Å². The summed E-state index contributed by atoms with van der Waals surface area (Å²) in [6.45, 7) is 4.34. The molecule has 3 heteroatoms. The number of carbonyl (C=O) groups excluding carboxylic acids is 1. The van der Waals surface area contributed by atoms with Crippen LogP contribution in [-0.4, -0.2) is 41.0 Å². The van der Waals surface area contributed by atoms with Crippen LogP contribution < -0.4 is 0 Å². The number of aliphatic hydroxyl groups is 1. The molecule has 1 rings (SSSR count). The molecule has 0 aromatic heterocycles. The number of Topliss-reactive ketones (excluding diaryl/α,β-unsaturated/α-hetero) is 1. The first-order valence-corrected chi connectivity index (χ1v) is 6.03. The first kappa shape index (κ1) is 12.7. The summed E-state index contributed by atoms with van der Waals surface area (Å²) in [5.41, 5.74) is 0. The van der Waals surface area contributed by atoms with Crippen LogP contribution in [0.5, 0.6) is 0 Å². The molecule has 1 aliphatic rings. The Morgan fingerprint density at radius 1 is 1.33 bits per heavy atom. The van der Waals surface area contributed by atoms with Crippen LogP contribution in [0.15, 0.2) is 0 Å². The van der Waals surface area contributed by atoms with Crippen LogP contribution in [-0.2, 0) is 4.79 Å². The van der Waals surface area contributed by atoms with Gasteiger partial charge in [0.15, 0.2) is 5.78 Å². The number of ketones is 1. The Labute approximate surface area is 92.5 Å². The van der Waals surface area contributed by atoms with Crippen LogP contribution in [0.2, 0.25) is 0 Å². The molecule has 0 spiro atoms. The first-order chi connectivity index (χ1) is 7.15. The largest absolute Gasteiger partial charge is 0.389 e. The van der Waals surface area contributed by atoms with Crippen molar-refractivity contribution in [1.29, 1.82) is 0 Å². The van der Waals surface area contributed by atoms with Crippen molar-refractivity contribution < 1.29 is 9.90 Å². The van der Waals surface area contributed by atoms with Crippen LogP contribution in [0.4, 0.5) is 0 Å². The van der Waals surface area contributed by atoms with Gasteiger partial charge in [0.25, 0.3) is 0 Å². The lowest BCUT2D eigenvalue weighted by atomic mass is 9.93. The summed E-state index contributed by atoms with van der Waals surface area (Å²) >= 11 is 0. The second-order valence-corrected chi connectivity index (χ2v) is 4.75. The Hall–Kier alpha value is -0.410. The predicted molar refractivity (Wildman–Crippen MR) is 60.8 cm³/mol. The molecule has 1 aliphatic carbocycles. The summed E-state index contributed by atoms with van der Waals surface area (Å²) in [4.78, 5) is 13.5. The second-order valence-electron chi connectivity index (χ2n) is 4.75. The molecule has 0 aliphatic heterocycles. The first-order valence-electron chi connectivity index (χ1n) is 6.03. The molecule has 0 heterocycles. The molecule has 0 aromatic carbocycles. The fraction of sp³-hybridized carbons (Fsp3) is 0.917. The minimum absolute atomic E-state index is 0.0609. The van der Waals surface area contributed by atoms with Gasteiger partial charge in [-0.2, -0.15) is 0 Å². The lowest BCUT2D eigenvalue weighted by Crippen LogP contribution is -2.45. The maximum absolute atomic E-state index is 11.3. The van der Waals surface area contributed by atoms with Crippen LogP contribution in [0, 0.1) is 0 Å². The van der Waals surface area contributed by atoms with Crippen LogP contribution >= 0.6 is 0 Å². The molecular formula is C12H23NO2. The lowest BCUT2D eigenvalue weighted by molar-refractivity contribution is -0.124. The van der Waals surface area contributed by atoms with Gasteiger partial charge < -0.3 is 5.11 Å². The van der Waals surface area contributed by atoms with Gasteiger partial charge in [-0.3, -0.25) is 9.69 Å². The fourth-order valence-corrected chi connectivity index (χ4v) is 2.40. The fourth-order valence-electron chi connectivity index (χ4n) is 2.40. The van der Waals surface area contributed by atoms with Gasteiger partial charge >= 0.3 is 0 Å². The average molecular weight is 213 g/mol. The van der Waals surface area contributed by atoms with Gasteiger partial charge in [-0.1, -0.05) is 19.3 Å². The van der Waals surface area contributed by atoms with E-state index in [4.69, 9.17) is 5.11 Å². The Balaban J connectivity index is 2.51. The molecule has 15 heavy (non-hydrogen) atoms.